The molecular weight excluding hydrogens is 392 g/mol. The molecule has 152 valence electrons. The third kappa shape index (κ3) is 3.94. The van der Waals surface area contributed by atoms with Crippen LogP contribution < -0.4 is 5.56 Å². The molecule has 0 spiro atoms. The van der Waals surface area contributed by atoms with Gasteiger partial charge in [-0.3, -0.25) is 14.2 Å². The molecule has 0 aromatic carbocycles. The van der Waals surface area contributed by atoms with Crippen molar-refractivity contribution in [1.29, 1.82) is 0 Å². The number of hydrogen-bond donors (Lipinski definition) is 0. The lowest BCUT2D eigenvalue weighted by molar-refractivity contribution is -0.123. The van der Waals surface area contributed by atoms with Crippen molar-refractivity contribution in [2.75, 3.05) is 12.4 Å². The molecule has 2 aliphatic rings. The van der Waals surface area contributed by atoms with E-state index in [1.807, 2.05) is 20.8 Å². The van der Waals surface area contributed by atoms with Crippen molar-refractivity contribution in [2.24, 2.45) is 5.41 Å². The molecule has 7 heteroatoms. The predicted octanol–water partition coefficient (Wildman–Crippen LogP) is 4.22. The minimum Gasteiger partial charge on any atom is -0.376 e. The number of rotatable bonds is 5. The summed E-state index contributed by atoms with van der Waals surface area (Å²) >= 11 is 3.06. The molecule has 0 amide bonds. The monoisotopic (exact) mass is 420 g/mol. The summed E-state index contributed by atoms with van der Waals surface area (Å²) < 4.78 is 7.57. The Bertz CT molecular complexity index is 949. The van der Waals surface area contributed by atoms with Crippen LogP contribution in [0.4, 0.5) is 0 Å². The highest BCUT2D eigenvalue weighted by Gasteiger charge is 2.26. The van der Waals surface area contributed by atoms with Crippen LogP contribution in [-0.4, -0.2) is 33.8 Å². The first-order chi connectivity index (χ1) is 13.3. The molecular formula is C21H28N2O3S2. The molecule has 0 unspecified atom stereocenters. The van der Waals surface area contributed by atoms with E-state index in [0.29, 0.717) is 17.5 Å². The number of ether oxygens (including phenoxy) is 1. The molecule has 5 nitrogen and oxygen atoms in total. The Morgan fingerprint density at radius 2 is 2.07 bits per heavy atom. The first kappa shape index (κ1) is 20.1. The number of hydrogen-bond acceptors (Lipinski definition) is 6. The van der Waals surface area contributed by atoms with Crippen molar-refractivity contribution >= 4 is 39.1 Å². The number of aryl methyl sites for hydroxylation is 2. The summed E-state index contributed by atoms with van der Waals surface area (Å²) in [6, 6.07) is 0. The number of nitrogens with zero attached hydrogens (tertiary/aromatic N) is 2. The normalized spacial score (nSPS) is 19.9. The lowest BCUT2D eigenvalue weighted by Crippen LogP contribution is -2.29. The second-order valence-electron chi connectivity index (χ2n) is 8.80. The Morgan fingerprint density at radius 1 is 1.29 bits per heavy atom. The van der Waals surface area contributed by atoms with Gasteiger partial charge in [0.2, 0.25) is 0 Å². The lowest BCUT2D eigenvalue weighted by atomic mass is 9.92. The molecule has 1 aliphatic carbocycles. The van der Waals surface area contributed by atoms with Crippen LogP contribution in [0.1, 0.15) is 56.9 Å². The predicted molar refractivity (Wildman–Crippen MR) is 115 cm³/mol. The van der Waals surface area contributed by atoms with E-state index in [1.165, 1.54) is 28.6 Å². The van der Waals surface area contributed by atoms with Crippen LogP contribution in [0.5, 0.6) is 0 Å². The Kier molecular flexibility index (Phi) is 5.69. The highest BCUT2D eigenvalue weighted by atomic mass is 32.2. The minimum absolute atomic E-state index is 0.0469. The number of ketones is 1. The van der Waals surface area contributed by atoms with Crippen LogP contribution >= 0.6 is 23.1 Å². The summed E-state index contributed by atoms with van der Waals surface area (Å²) in [5.74, 6) is 0.499. The van der Waals surface area contributed by atoms with Gasteiger partial charge in [0.25, 0.3) is 5.56 Å². The van der Waals surface area contributed by atoms with Gasteiger partial charge >= 0.3 is 0 Å². The fourth-order valence-electron chi connectivity index (χ4n) is 3.83. The lowest BCUT2D eigenvalue weighted by Gasteiger charge is -2.18. The van der Waals surface area contributed by atoms with Gasteiger partial charge in [0.15, 0.2) is 5.16 Å². The summed E-state index contributed by atoms with van der Waals surface area (Å²) in [4.78, 5) is 33.0. The van der Waals surface area contributed by atoms with Gasteiger partial charge in [0.1, 0.15) is 10.6 Å². The molecule has 1 atom stereocenters. The number of thiophene rings is 1. The van der Waals surface area contributed by atoms with E-state index >= 15 is 0 Å². The summed E-state index contributed by atoms with van der Waals surface area (Å²) in [5, 5.41) is 1.47. The molecule has 0 saturated carbocycles. The van der Waals surface area contributed by atoms with Crippen LogP contribution in [-0.2, 0) is 28.9 Å². The van der Waals surface area contributed by atoms with E-state index in [4.69, 9.17) is 9.72 Å². The molecule has 1 fully saturated rings. The van der Waals surface area contributed by atoms with Crippen LogP contribution in [0.3, 0.4) is 0 Å². The van der Waals surface area contributed by atoms with Crippen molar-refractivity contribution in [3.8, 4) is 0 Å². The molecule has 0 bridgehead atoms. The van der Waals surface area contributed by atoms with E-state index in [-0.39, 0.29) is 17.4 Å². The number of carbonyl (C=O) groups is 1. The molecule has 0 N–H and O–H groups in total. The van der Waals surface area contributed by atoms with Crippen molar-refractivity contribution in [3.63, 3.8) is 0 Å². The maximum absolute atomic E-state index is 13.5. The average Bonchev–Trinajstić information content (AvgIpc) is 3.28. The highest BCUT2D eigenvalue weighted by Crippen LogP contribution is 2.35. The first-order valence-corrected chi connectivity index (χ1v) is 12.0. The zero-order valence-corrected chi connectivity index (χ0v) is 18.5. The van der Waals surface area contributed by atoms with Crippen molar-refractivity contribution in [1.82, 2.24) is 9.55 Å². The fraction of sp³-hybridized carbons (Fsp3) is 0.667. The standard InChI is InChI=1S/C21H28N2O3S2/c1-21(2,3)16(24)12-27-20-22-18-17(14-8-4-5-9-15(14)28-18)19(25)23(20)11-13-7-6-10-26-13/h13H,4-12H2,1-3H3/t13-/m0/s1. The number of thioether (sulfide) groups is 1. The molecule has 2 aromatic rings. The number of fused-ring (bicyclic) bond motifs is 3. The van der Waals surface area contributed by atoms with Gasteiger partial charge in [0, 0.05) is 16.9 Å². The summed E-state index contributed by atoms with van der Waals surface area (Å²) in [6.07, 6.45) is 6.41. The largest absolute Gasteiger partial charge is 0.376 e. The first-order valence-electron chi connectivity index (χ1n) is 10.2. The van der Waals surface area contributed by atoms with Crippen LogP contribution in [0, 0.1) is 5.41 Å². The second-order valence-corrected chi connectivity index (χ2v) is 10.8. The van der Waals surface area contributed by atoms with Gasteiger partial charge in [-0.1, -0.05) is 32.5 Å². The molecule has 0 radical (unpaired) electrons. The van der Waals surface area contributed by atoms with Gasteiger partial charge in [-0.05, 0) is 44.1 Å². The van der Waals surface area contributed by atoms with E-state index in [1.54, 1.807) is 15.9 Å². The molecule has 3 heterocycles. The zero-order chi connectivity index (χ0) is 19.9. The van der Waals surface area contributed by atoms with E-state index in [0.717, 1.165) is 48.9 Å². The molecule has 28 heavy (non-hydrogen) atoms. The Balaban J connectivity index is 1.75. The smallest absolute Gasteiger partial charge is 0.263 e. The van der Waals surface area contributed by atoms with E-state index < -0.39 is 5.41 Å². The topological polar surface area (TPSA) is 61.2 Å². The van der Waals surface area contributed by atoms with E-state index in [2.05, 4.69) is 0 Å². The second kappa shape index (κ2) is 7.92. The maximum atomic E-state index is 13.5. The van der Waals surface area contributed by atoms with Crippen LogP contribution in [0.15, 0.2) is 9.95 Å². The minimum atomic E-state index is -0.390. The summed E-state index contributed by atoms with van der Waals surface area (Å²) in [5.41, 5.74) is 0.872. The average molecular weight is 421 g/mol. The van der Waals surface area contributed by atoms with Gasteiger partial charge in [-0.25, -0.2) is 4.98 Å². The SMILES string of the molecule is CC(C)(C)C(=O)CSc1nc2sc3c(c2c(=O)n1C[C@@H]1CCCO1)CCCC3. The van der Waals surface area contributed by atoms with Crippen LogP contribution in [0.2, 0.25) is 0 Å². The molecule has 1 saturated heterocycles. The van der Waals surface area contributed by atoms with Crippen LogP contribution in [0.25, 0.3) is 10.2 Å². The summed E-state index contributed by atoms with van der Waals surface area (Å²) in [6.45, 7) is 7.07. The number of carbonyl (C=O) groups excluding carboxylic acids is 1. The number of aromatic nitrogens is 2. The highest BCUT2D eigenvalue weighted by molar-refractivity contribution is 7.99. The third-order valence-electron chi connectivity index (χ3n) is 5.62. The quantitative estimate of drug-likeness (QED) is 0.535. The Labute approximate surface area is 173 Å². The van der Waals surface area contributed by atoms with Gasteiger partial charge in [-0.2, -0.15) is 0 Å². The molecule has 1 aliphatic heterocycles. The van der Waals surface area contributed by atoms with Crippen molar-refractivity contribution in [2.45, 2.75) is 77.1 Å². The number of Topliss-reactive ketones (excluding diaryl/α,β-unsaturated/α-hetero) is 1. The van der Waals surface area contributed by atoms with Gasteiger partial charge < -0.3 is 4.74 Å². The van der Waals surface area contributed by atoms with Crippen molar-refractivity contribution < 1.29 is 9.53 Å². The van der Waals surface area contributed by atoms with Gasteiger partial charge in [0.05, 0.1) is 23.8 Å². The Morgan fingerprint density at radius 3 is 2.79 bits per heavy atom. The maximum Gasteiger partial charge on any atom is 0.263 e. The van der Waals surface area contributed by atoms with Crippen molar-refractivity contribution in [3.05, 3.63) is 20.8 Å². The fourth-order valence-corrected chi connectivity index (χ4v) is 6.30. The Hall–Kier alpha value is -1.18. The third-order valence-corrected chi connectivity index (χ3v) is 7.78. The van der Waals surface area contributed by atoms with E-state index in [9.17, 15) is 9.59 Å². The molecule has 4 rings (SSSR count). The zero-order valence-electron chi connectivity index (χ0n) is 16.9. The molecule has 2 aromatic heterocycles. The van der Waals surface area contributed by atoms with Gasteiger partial charge in [-0.15, -0.1) is 11.3 Å². The summed E-state index contributed by atoms with van der Waals surface area (Å²) in [7, 11) is 0.